The van der Waals surface area contributed by atoms with Gasteiger partial charge in [0.15, 0.2) is 0 Å². The summed E-state index contributed by atoms with van der Waals surface area (Å²) in [4.78, 5) is 2.44. The molecule has 296 valence electrons. The molecular weight excluding hydrogens is 765 g/mol. The molecule has 0 amide bonds. The molecule has 3 nitrogen and oxygen atoms in total. The number of aromatic nitrogens is 1. The molecule has 3 heteroatoms. The van der Waals surface area contributed by atoms with Gasteiger partial charge >= 0.3 is 0 Å². The first-order valence-corrected chi connectivity index (χ1v) is 21.5. The van der Waals surface area contributed by atoms with E-state index in [1.807, 2.05) is 6.07 Å². The predicted molar refractivity (Wildman–Crippen MR) is 264 cm³/mol. The van der Waals surface area contributed by atoms with Gasteiger partial charge in [-0.15, -0.1) is 0 Å². The molecule has 0 bridgehead atoms. The fourth-order valence-electron chi connectivity index (χ4n) is 9.57. The van der Waals surface area contributed by atoms with Crippen LogP contribution in [0.1, 0.15) is 0 Å². The molecule has 2 heterocycles. The number of para-hydroxylation sites is 7. The fourth-order valence-corrected chi connectivity index (χ4v) is 9.57. The van der Waals surface area contributed by atoms with Gasteiger partial charge in [0, 0.05) is 49.5 Å². The Bertz CT molecular complexity index is 3600. The van der Waals surface area contributed by atoms with Crippen molar-refractivity contribution in [3.05, 3.63) is 243 Å². The van der Waals surface area contributed by atoms with Crippen LogP contribution < -0.4 is 4.90 Å². The second-order valence-electron chi connectivity index (χ2n) is 16.0. The Balaban J connectivity index is 1.10. The number of furan rings is 1. The number of hydrogen-bond acceptors (Lipinski definition) is 2. The van der Waals surface area contributed by atoms with E-state index in [2.05, 4.69) is 246 Å². The maximum atomic E-state index is 6.71. The summed E-state index contributed by atoms with van der Waals surface area (Å²) in [6, 6.07) is 87.2. The van der Waals surface area contributed by atoms with Gasteiger partial charge in [0.1, 0.15) is 11.2 Å². The summed E-state index contributed by atoms with van der Waals surface area (Å²) < 4.78 is 9.14. The van der Waals surface area contributed by atoms with E-state index >= 15 is 0 Å². The van der Waals surface area contributed by atoms with Crippen LogP contribution in [0.3, 0.4) is 0 Å². The maximum Gasteiger partial charge on any atom is 0.143 e. The molecule has 0 aliphatic carbocycles. The van der Waals surface area contributed by atoms with Crippen LogP contribution in [0, 0.1) is 0 Å². The van der Waals surface area contributed by atoms with Crippen molar-refractivity contribution in [2.45, 2.75) is 0 Å². The van der Waals surface area contributed by atoms with Crippen molar-refractivity contribution >= 4 is 60.8 Å². The third-order valence-corrected chi connectivity index (χ3v) is 12.4. The minimum atomic E-state index is 0.877. The van der Waals surface area contributed by atoms with Crippen molar-refractivity contribution in [3.63, 3.8) is 0 Å². The third kappa shape index (κ3) is 6.21. The van der Waals surface area contributed by atoms with Crippen LogP contribution in [0.2, 0.25) is 0 Å². The summed E-state index contributed by atoms with van der Waals surface area (Å²) in [5, 5.41) is 4.69. The summed E-state index contributed by atoms with van der Waals surface area (Å²) in [6.07, 6.45) is 0. The molecular formula is C60H40N2O. The first-order valence-electron chi connectivity index (χ1n) is 21.5. The summed E-state index contributed by atoms with van der Waals surface area (Å²) in [5.41, 5.74) is 17.4. The maximum absolute atomic E-state index is 6.71. The molecule has 2 aromatic heterocycles. The van der Waals surface area contributed by atoms with Crippen molar-refractivity contribution in [2.75, 3.05) is 4.90 Å². The van der Waals surface area contributed by atoms with E-state index in [9.17, 15) is 0 Å². The van der Waals surface area contributed by atoms with Gasteiger partial charge in [-0.1, -0.05) is 188 Å². The van der Waals surface area contributed by atoms with Gasteiger partial charge in [-0.2, -0.15) is 0 Å². The lowest BCUT2D eigenvalue weighted by Crippen LogP contribution is -2.13. The number of fused-ring (bicyclic) bond motifs is 6. The highest BCUT2D eigenvalue weighted by Gasteiger charge is 2.24. The highest BCUT2D eigenvalue weighted by Crippen LogP contribution is 2.48. The quantitative estimate of drug-likeness (QED) is 0.153. The number of hydrogen-bond donors (Lipinski definition) is 0. The van der Waals surface area contributed by atoms with Crippen LogP contribution in [-0.2, 0) is 0 Å². The zero-order valence-electron chi connectivity index (χ0n) is 34.4. The van der Waals surface area contributed by atoms with E-state index in [0.29, 0.717) is 0 Å². The van der Waals surface area contributed by atoms with E-state index in [1.54, 1.807) is 0 Å². The molecule has 0 radical (unpaired) electrons. The molecule has 0 unspecified atom stereocenters. The van der Waals surface area contributed by atoms with Gasteiger partial charge in [-0.3, -0.25) is 0 Å². The van der Waals surface area contributed by atoms with Gasteiger partial charge < -0.3 is 13.9 Å². The number of nitrogens with zero attached hydrogens (tertiary/aromatic N) is 2. The molecule has 0 N–H and O–H groups in total. The minimum absolute atomic E-state index is 0.877. The molecule has 12 rings (SSSR count). The number of benzene rings is 10. The van der Waals surface area contributed by atoms with E-state index in [0.717, 1.165) is 78.1 Å². The third-order valence-electron chi connectivity index (χ3n) is 12.4. The van der Waals surface area contributed by atoms with Crippen LogP contribution in [0.4, 0.5) is 17.1 Å². The van der Waals surface area contributed by atoms with Crippen LogP contribution in [-0.4, -0.2) is 4.57 Å². The Morgan fingerprint density at radius 1 is 0.317 bits per heavy atom. The topological polar surface area (TPSA) is 21.3 Å². The van der Waals surface area contributed by atoms with Crippen LogP contribution in [0.15, 0.2) is 247 Å². The summed E-state index contributed by atoms with van der Waals surface area (Å²) in [6.45, 7) is 0. The van der Waals surface area contributed by atoms with Crippen LogP contribution in [0.5, 0.6) is 0 Å². The van der Waals surface area contributed by atoms with Crippen molar-refractivity contribution in [1.29, 1.82) is 0 Å². The molecule has 0 aliphatic rings. The fraction of sp³-hybridized carbons (Fsp3) is 0. The highest BCUT2D eigenvalue weighted by atomic mass is 16.3. The van der Waals surface area contributed by atoms with Crippen molar-refractivity contribution in [1.82, 2.24) is 4.57 Å². The first-order chi connectivity index (χ1) is 31.3. The van der Waals surface area contributed by atoms with E-state index in [4.69, 9.17) is 4.42 Å². The molecule has 0 aliphatic heterocycles. The van der Waals surface area contributed by atoms with Crippen LogP contribution >= 0.6 is 0 Å². The molecule has 0 atom stereocenters. The van der Waals surface area contributed by atoms with E-state index < -0.39 is 0 Å². The smallest absolute Gasteiger partial charge is 0.143 e. The monoisotopic (exact) mass is 804 g/mol. The second kappa shape index (κ2) is 15.3. The molecule has 0 saturated carbocycles. The van der Waals surface area contributed by atoms with E-state index in [1.165, 1.54) is 32.9 Å². The first kappa shape index (κ1) is 36.5. The predicted octanol–water partition coefficient (Wildman–Crippen LogP) is 16.8. The summed E-state index contributed by atoms with van der Waals surface area (Å²) in [5.74, 6) is 0. The minimum Gasteiger partial charge on any atom is -0.455 e. The Morgan fingerprint density at radius 3 is 1.52 bits per heavy atom. The molecule has 12 aromatic rings. The SMILES string of the molecule is c1ccc(-c2cccc(-c3cccc(N(c4ccccc4-c4ccccc4-n4c5ccccc5c5ccccc54)c4ccccc4-c4cccc5c4oc4ccccc45)c3)c2)cc1. The molecule has 0 saturated heterocycles. The zero-order valence-corrected chi connectivity index (χ0v) is 34.4. The molecule has 0 fully saturated rings. The van der Waals surface area contributed by atoms with Gasteiger partial charge in [-0.05, 0) is 76.9 Å². The van der Waals surface area contributed by atoms with Gasteiger partial charge in [-0.25, -0.2) is 0 Å². The van der Waals surface area contributed by atoms with Crippen molar-refractivity contribution in [2.24, 2.45) is 0 Å². The average molecular weight is 805 g/mol. The Labute approximate surface area is 366 Å². The van der Waals surface area contributed by atoms with Crippen LogP contribution in [0.25, 0.3) is 93.9 Å². The highest BCUT2D eigenvalue weighted by molar-refractivity contribution is 6.12. The van der Waals surface area contributed by atoms with E-state index in [-0.39, 0.29) is 0 Å². The lowest BCUT2D eigenvalue weighted by molar-refractivity contribution is 0.670. The molecule has 0 spiro atoms. The summed E-state index contributed by atoms with van der Waals surface area (Å²) in [7, 11) is 0. The Kier molecular flexibility index (Phi) is 8.83. The average Bonchev–Trinajstić information content (AvgIpc) is 3.91. The largest absolute Gasteiger partial charge is 0.455 e. The lowest BCUT2D eigenvalue weighted by atomic mass is 9.96. The number of anilines is 3. The van der Waals surface area contributed by atoms with Gasteiger partial charge in [0.2, 0.25) is 0 Å². The van der Waals surface area contributed by atoms with Gasteiger partial charge in [0.25, 0.3) is 0 Å². The Hall–Kier alpha value is -8.40. The molecule has 63 heavy (non-hydrogen) atoms. The zero-order chi connectivity index (χ0) is 41.7. The Morgan fingerprint density at radius 2 is 0.794 bits per heavy atom. The van der Waals surface area contributed by atoms with Crippen molar-refractivity contribution < 1.29 is 4.42 Å². The van der Waals surface area contributed by atoms with Gasteiger partial charge in [0.05, 0.1) is 28.1 Å². The number of rotatable bonds is 8. The normalized spacial score (nSPS) is 11.5. The summed E-state index contributed by atoms with van der Waals surface area (Å²) >= 11 is 0. The second-order valence-corrected chi connectivity index (χ2v) is 16.0. The lowest BCUT2D eigenvalue weighted by Gasteiger charge is -2.30. The standard InChI is InChI=1S/C60H40N2O/c1-2-19-41(20-3-1)42-21-16-22-43(39-42)44-23-17-24-45(40-44)61(55-34-11-8-29-50(55)52-31-18-32-53-51-30-9-15-38-59(51)63-60(52)53)54-33-10-4-25-46(54)47-26-5-12-35-56(47)62-57-36-13-6-27-48(57)49-28-7-14-37-58(49)62/h1-40H. The van der Waals surface area contributed by atoms with Crippen molar-refractivity contribution in [3.8, 4) is 50.2 Å². The molecule has 10 aromatic carbocycles.